The van der Waals surface area contributed by atoms with Gasteiger partial charge in [-0.3, -0.25) is 4.79 Å². The quantitative estimate of drug-likeness (QED) is 0.298. The molecule has 5 rings (SSSR count). The zero-order valence-electron chi connectivity index (χ0n) is 19.0. The molecule has 2 saturated heterocycles. The van der Waals surface area contributed by atoms with Crippen LogP contribution in [-0.2, 0) is 0 Å². The topological polar surface area (TPSA) is 74.5 Å². The lowest BCUT2D eigenvalue weighted by Crippen LogP contribution is -2.39. The van der Waals surface area contributed by atoms with Gasteiger partial charge in [-0.2, -0.15) is 8.78 Å². The summed E-state index contributed by atoms with van der Waals surface area (Å²) in [5, 5.41) is 3.46. The number of rotatable bonds is 4. The van der Waals surface area contributed by atoms with E-state index in [4.69, 9.17) is 4.42 Å². The first kappa shape index (κ1) is 24.5. The molecule has 2 fully saturated rings. The molecular formula is C24H22BrF4N5O2. The maximum absolute atomic E-state index is 13.7. The summed E-state index contributed by atoms with van der Waals surface area (Å²) in [6, 6.07) is 6.59. The van der Waals surface area contributed by atoms with E-state index in [1.54, 1.807) is 34.1 Å². The van der Waals surface area contributed by atoms with Gasteiger partial charge in [-0.15, -0.1) is 0 Å². The maximum atomic E-state index is 13.7. The molecule has 0 aliphatic carbocycles. The Morgan fingerprint density at radius 1 is 1.00 bits per heavy atom. The average molecular weight is 568 g/mol. The SMILES string of the molecule is O=C(Nc1cc2ccoc2c(N2CCC(F)(F)CC2)n1)c1ccc(Br)nc1N1CCC(=C(F)F)CC1. The van der Waals surface area contributed by atoms with Crippen LogP contribution in [0.4, 0.5) is 35.0 Å². The van der Waals surface area contributed by atoms with Gasteiger partial charge in [-0.1, -0.05) is 0 Å². The number of pyridine rings is 2. The van der Waals surface area contributed by atoms with Crippen LogP contribution in [0.1, 0.15) is 36.0 Å². The zero-order chi connectivity index (χ0) is 25.4. The molecule has 0 spiro atoms. The van der Waals surface area contributed by atoms with E-state index < -0.39 is 17.9 Å². The summed E-state index contributed by atoms with van der Waals surface area (Å²) in [5.74, 6) is -2.19. The second-order valence-electron chi connectivity index (χ2n) is 8.82. The van der Waals surface area contributed by atoms with Crippen molar-refractivity contribution >= 4 is 50.3 Å². The summed E-state index contributed by atoms with van der Waals surface area (Å²) in [5.41, 5.74) is 0.842. The molecule has 5 heterocycles. The largest absolute Gasteiger partial charge is 0.460 e. The van der Waals surface area contributed by atoms with E-state index in [-0.39, 0.29) is 55.7 Å². The molecule has 0 atom stereocenters. The number of nitrogens with zero attached hydrogens (tertiary/aromatic N) is 4. The van der Waals surface area contributed by atoms with E-state index in [9.17, 15) is 22.4 Å². The molecule has 0 radical (unpaired) electrons. The van der Waals surface area contributed by atoms with Crippen molar-refractivity contribution in [1.82, 2.24) is 9.97 Å². The molecule has 1 amide bonds. The molecule has 0 unspecified atom stereocenters. The number of halogens is 5. The van der Waals surface area contributed by atoms with Gasteiger partial charge in [-0.05, 0) is 58.6 Å². The van der Waals surface area contributed by atoms with Crippen LogP contribution in [0, 0.1) is 0 Å². The van der Waals surface area contributed by atoms with Crippen LogP contribution in [0.2, 0.25) is 0 Å². The Kier molecular flexibility index (Phi) is 6.62. The molecule has 1 N–H and O–H groups in total. The van der Waals surface area contributed by atoms with Crippen LogP contribution in [-0.4, -0.2) is 48.0 Å². The molecule has 3 aromatic rings. The number of aromatic nitrogens is 2. The minimum atomic E-state index is -2.71. The Labute approximate surface area is 212 Å². The second kappa shape index (κ2) is 9.72. The fourth-order valence-electron chi connectivity index (χ4n) is 4.49. The summed E-state index contributed by atoms with van der Waals surface area (Å²) in [6.45, 7) is 0.830. The summed E-state index contributed by atoms with van der Waals surface area (Å²) in [4.78, 5) is 25.8. The highest BCUT2D eigenvalue weighted by atomic mass is 79.9. The van der Waals surface area contributed by atoms with Crippen LogP contribution in [0.5, 0.6) is 0 Å². The van der Waals surface area contributed by atoms with Crippen LogP contribution in [0.15, 0.2) is 51.2 Å². The van der Waals surface area contributed by atoms with Crippen molar-refractivity contribution in [2.45, 2.75) is 31.6 Å². The van der Waals surface area contributed by atoms with Crippen molar-refractivity contribution in [1.29, 1.82) is 0 Å². The van der Waals surface area contributed by atoms with Gasteiger partial charge in [0.05, 0.1) is 11.8 Å². The molecule has 36 heavy (non-hydrogen) atoms. The molecule has 0 bridgehead atoms. The van der Waals surface area contributed by atoms with E-state index in [1.165, 1.54) is 6.26 Å². The zero-order valence-corrected chi connectivity index (χ0v) is 20.6. The molecule has 3 aromatic heterocycles. The molecule has 7 nitrogen and oxygen atoms in total. The number of fused-ring (bicyclic) bond motifs is 1. The number of anilines is 3. The van der Waals surface area contributed by atoms with E-state index in [0.29, 0.717) is 40.3 Å². The Bertz CT molecular complexity index is 1320. The summed E-state index contributed by atoms with van der Waals surface area (Å²) < 4.78 is 59.4. The Morgan fingerprint density at radius 2 is 1.69 bits per heavy atom. The third-order valence-electron chi connectivity index (χ3n) is 6.47. The molecule has 2 aliphatic heterocycles. The predicted molar refractivity (Wildman–Crippen MR) is 131 cm³/mol. The van der Waals surface area contributed by atoms with E-state index in [2.05, 4.69) is 31.2 Å². The fraction of sp³-hybridized carbons (Fsp3) is 0.375. The lowest BCUT2D eigenvalue weighted by molar-refractivity contribution is -0.0221. The molecule has 0 aromatic carbocycles. The maximum Gasteiger partial charge on any atom is 0.269 e. The number of hydrogen-bond donors (Lipinski definition) is 1. The van der Waals surface area contributed by atoms with Gasteiger partial charge in [0.1, 0.15) is 16.2 Å². The minimum Gasteiger partial charge on any atom is -0.460 e. The highest BCUT2D eigenvalue weighted by Gasteiger charge is 2.35. The fourth-order valence-corrected chi connectivity index (χ4v) is 4.79. The predicted octanol–water partition coefficient (Wildman–Crippen LogP) is 6.22. The van der Waals surface area contributed by atoms with Crippen LogP contribution < -0.4 is 15.1 Å². The molecule has 0 saturated carbocycles. The first-order chi connectivity index (χ1) is 17.2. The Hall–Kier alpha value is -3.15. The standard InChI is InChI=1S/C24H22BrF4N5O2/c25-17-2-1-16(21(30-17)33-8-3-14(4-9-33)20(26)27)23(35)32-18-13-15-5-12-36-19(15)22(31-18)34-10-6-24(28,29)7-11-34/h1-2,5,12-13H,3-4,6-11H2,(H,31,32,35). The number of carbonyl (C=O) groups excluding carboxylic acids is 1. The Balaban J connectivity index is 1.41. The molecule has 12 heteroatoms. The Morgan fingerprint density at radius 3 is 2.39 bits per heavy atom. The van der Waals surface area contributed by atoms with Crippen molar-refractivity contribution in [3.63, 3.8) is 0 Å². The number of hydrogen-bond acceptors (Lipinski definition) is 6. The second-order valence-corrected chi connectivity index (χ2v) is 9.64. The van der Waals surface area contributed by atoms with Crippen molar-refractivity contribution in [3.05, 3.63) is 52.3 Å². The normalized spacial score (nSPS) is 18.0. The third kappa shape index (κ3) is 5.04. The molecular weight excluding hydrogens is 546 g/mol. The van der Waals surface area contributed by atoms with Gasteiger partial charge < -0.3 is 19.5 Å². The monoisotopic (exact) mass is 567 g/mol. The van der Waals surface area contributed by atoms with E-state index in [1.807, 2.05) is 0 Å². The van der Waals surface area contributed by atoms with Gasteiger partial charge in [0.15, 0.2) is 11.4 Å². The van der Waals surface area contributed by atoms with Crippen LogP contribution in [0.25, 0.3) is 11.0 Å². The average Bonchev–Trinajstić information content (AvgIpc) is 3.32. The van der Waals surface area contributed by atoms with Crippen LogP contribution >= 0.6 is 15.9 Å². The highest BCUT2D eigenvalue weighted by Crippen LogP contribution is 2.35. The summed E-state index contributed by atoms with van der Waals surface area (Å²) in [6.07, 6.45) is -0.372. The van der Waals surface area contributed by atoms with Crippen molar-refractivity contribution in [2.75, 3.05) is 41.3 Å². The number of carbonyl (C=O) groups is 1. The first-order valence-electron chi connectivity index (χ1n) is 11.5. The minimum absolute atomic E-state index is 0.110. The number of nitrogens with one attached hydrogen (secondary N) is 1. The lowest BCUT2D eigenvalue weighted by Gasteiger charge is -2.32. The summed E-state index contributed by atoms with van der Waals surface area (Å²) >= 11 is 3.32. The molecule has 2 aliphatic rings. The van der Waals surface area contributed by atoms with Crippen molar-refractivity contribution < 1.29 is 26.8 Å². The van der Waals surface area contributed by atoms with Crippen molar-refractivity contribution in [3.8, 4) is 0 Å². The van der Waals surface area contributed by atoms with Gasteiger partial charge in [0.25, 0.3) is 17.9 Å². The van der Waals surface area contributed by atoms with Gasteiger partial charge >= 0.3 is 0 Å². The van der Waals surface area contributed by atoms with E-state index >= 15 is 0 Å². The van der Waals surface area contributed by atoms with E-state index in [0.717, 1.165) is 0 Å². The first-order valence-corrected chi connectivity index (χ1v) is 12.3. The third-order valence-corrected chi connectivity index (χ3v) is 6.91. The van der Waals surface area contributed by atoms with Crippen LogP contribution in [0.3, 0.4) is 0 Å². The van der Waals surface area contributed by atoms with Crippen molar-refractivity contribution in [2.24, 2.45) is 0 Å². The molecule has 190 valence electrons. The highest BCUT2D eigenvalue weighted by molar-refractivity contribution is 9.10. The van der Waals surface area contributed by atoms with Gasteiger partial charge in [0.2, 0.25) is 0 Å². The number of piperidine rings is 2. The number of furan rings is 1. The number of amides is 1. The lowest BCUT2D eigenvalue weighted by atomic mass is 10.0. The van der Waals surface area contributed by atoms with Gasteiger partial charge in [-0.25, -0.2) is 18.7 Å². The number of alkyl halides is 2. The summed E-state index contributed by atoms with van der Waals surface area (Å²) in [7, 11) is 0. The van der Waals surface area contributed by atoms with Gasteiger partial charge in [0, 0.05) is 44.4 Å². The smallest absolute Gasteiger partial charge is 0.269 e.